The van der Waals surface area contributed by atoms with Crippen LogP contribution in [0, 0.1) is 6.92 Å². The maximum atomic E-state index is 10.9. The quantitative estimate of drug-likeness (QED) is 0.869. The van der Waals surface area contributed by atoms with Gasteiger partial charge in [0.25, 0.3) is 0 Å². The van der Waals surface area contributed by atoms with E-state index in [9.17, 15) is 4.79 Å². The number of benzene rings is 1. The summed E-state index contributed by atoms with van der Waals surface area (Å²) in [6, 6.07) is 5.94. The Hall–Kier alpha value is -1.49. The molecule has 0 atom stereocenters. The minimum Gasteiger partial charge on any atom is -0.339 e. The van der Waals surface area contributed by atoms with Crippen LogP contribution in [0.2, 0.25) is 0 Å². The highest BCUT2D eigenvalue weighted by Gasteiger charge is 2.11. The first-order valence-electron chi connectivity index (χ1n) is 5.65. The molecule has 0 N–H and O–H groups in total. The molecule has 0 spiro atoms. The van der Waals surface area contributed by atoms with Crippen molar-refractivity contribution >= 4 is 21.7 Å². The van der Waals surface area contributed by atoms with Crippen LogP contribution in [0.25, 0.3) is 11.4 Å². The average molecular weight is 309 g/mol. The highest BCUT2D eigenvalue weighted by molar-refractivity contribution is 9.10. The first kappa shape index (κ1) is 13.0. The Morgan fingerprint density at radius 3 is 2.89 bits per heavy atom. The highest BCUT2D eigenvalue weighted by Crippen LogP contribution is 2.26. The summed E-state index contributed by atoms with van der Waals surface area (Å²) in [5, 5.41) is 3.93. The van der Waals surface area contributed by atoms with Crippen LogP contribution in [0.15, 0.2) is 27.2 Å². The first-order valence-corrected chi connectivity index (χ1v) is 6.44. The zero-order chi connectivity index (χ0) is 13.1. The molecular formula is C13H13BrN2O2. The topological polar surface area (TPSA) is 56.0 Å². The molecule has 0 saturated carbocycles. The van der Waals surface area contributed by atoms with E-state index in [0.717, 1.165) is 15.6 Å². The number of ketones is 1. The molecule has 0 radical (unpaired) electrons. The smallest absolute Gasteiger partial charge is 0.227 e. The van der Waals surface area contributed by atoms with E-state index in [1.54, 1.807) is 6.92 Å². The van der Waals surface area contributed by atoms with Crippen molar-refractivity contribution in [1.82, 2.24) is 10.1 Å². The summed E-state index contributed by atoms with van der Waals surface area (Å²) in [6.07, 6.45) is 0.919. The first-order chi connectivity index (χ1) is 8.56. The summed E-state index contributed by atoms with van der Waals surface area (Å²) in [4.78, 5) is 15.2. The van der Waals surface area contributed by atoms with Gasteiger partial charge in [0, 0.05) is 22.9 Å². The van der Waals surface area contributed by atoms with Crippen molar-refractivity contribution in [2.75, 3.05) is 0 Å². The second kappa shape index (κ2) is 5.44. The fourth-order valence-corrected chi connectivity index (χ4v) is 2.22. The molecule has 1 aromatic heterocycles. The number of halogens is 1. The molecule has 0 aliphatic carbocycles. The number of hydrogen-bond acceptors (Lipinski definition) is 4. The third kappa shape index (κ3) is 3.04. The van der Waals surface area contributed by atoms with E-state index in [-0.39, 0.29) is 5.78 Å². The van der Waals surface area contributed by atoms with Gasteiger partial charge in [0.15, 0.2) is 0 Å². The molecule has 0 amide bonds. The Balaban J connectivity index is 2.21. The monoisotopic (exact) mass is 308 g/mol. The van der Waals surface area contributed by atoms with Crippen molar-refractivity contribution in [1.29, 1.82) is 0 Å². The number of carbonyl (C=O) groups excluding carboxylic acids is 1. The fraction of sp³-hybridized carbons (Fsp3) is 0.308. The molecule has 0 unspecified atom stereocenters. The van der Waals surface area contributed by atoms with Gasteiger partial charge in [0.1, 0.15) is 5.78 Å². The minimum absolute atomic E-state index is 0.117. The van der Waals surface area contributed by atoms with E-state index in [4.69, 9.17) is 4.52 Å². The number of Topliss-reactive ketones (excluding diaryl/α,β-unsaturated/α-hetero) is 1. The molecule has 1 aromatic carbocycles. The van der Waals surface area contributed by atoms with E-state index in [2.05, 4.69) is 26.1 Å². The lowest BCUT2D eigenvalue weighted by atomic mass is 10.1. The molecule has 0 bridgehead atoms. The van der Waals surface area contributed by atoms with Crippen molar-refractivity contribution in [3.8, 4) is 11.4 Å². The van der Waals surface area contributed by atoms with Gasteiger partial charge < -0.3 is 9.32 Å². The number of aryl methyl sites for hydroxylation is 2. The predicted octanol–water partition coefficient (Wildman–Crippen LogP) is 3.33. The van der Waals surface area contributed by atoms with E-state index in [0.29, 0.717) is 24.6 Å². The van der Waals surface area contributed by atoms with Crippen LogP contribution < -0.4 is 0 Å². The highest BCUT2D eigenvalue weighted by atomic mass is 79.9. The predicted molar refractivity (Wildman–Crippen MR) is 71.2 cm³/mol. The molecule has 94 valence electrons. The van der Waals surface area contributed by atoms with E-state index < -0.39 is 0 Å². The van der Waals surface area contributed by atoms with Gasteiger partial charge in [0.05, 0.1) is 0 Å². The Bertz CT molecular complexity index is 578. The molecule has 5 heteroatoms. The SMILES string of the molecule is CC(=O)CCc1nc(-c2ccc(C)cc2Br)no1. The van der Waals surface area contributed by atoms with E-state index in [1.165, 1.54) is 0 Å². The summed E-state index contributed by atoms with van der Waals surface area (Å²) in [5.74, 6) is 1.15. The molecular weight excluding hydrogens is 296 g/mol. The third-order valence-electron chi connectivity index (χ3n) is 2.52. The summed E-state index contributed by atoms with van der Waals surface area (Å²) < 4.78 is 6.05. The molecule has 0 aliphatic heterocycles. The number of carbonyl (C=O) groups is 1. The molecule has 18 heavy (non-hydrogen) atoms. The zero-order valence-electron chi connectivity index (χ0n) is 10.2. The van der Waals surface area contributed by atoms with Crippen LogP contribution in [0.5, 0.6) is 0 Å². The maximum absolute atomic E-state index is 10.9. The van der Waals surface area contributed by atoms with Gasteiger partial charge in [-0.1, -0.05) is 27.2 Å². The lowest BCUT2D eigenvalue weighted by molar-refractivity contribution is -0.117. The Morgan fingerprint density at radius 1 is 1.44 bits per heavy atom. The zero-order valence-corrected chi connectivity index (χ0v) is 11.8. The molecule has 4 nitrogen and oxygen atoms in total. The second-order valence-electron chi connectivity index (χ2n) is 4.20. The average Bonchev–Trinajstić information content (AvgIpc) is 2.75. The van der Waals surface area contributed by atoms with Gasteiger partial charge in [-0.05, 0) is 31.5 Å². The fourth-order valence-electron chi connectivity index (χ4n) is 1.55. The molecule has 0 aliphatic rings. The van der Waals surface area contributed by atoms with Gasteiger partial charge in [-0.15, -0.1) is 0 Å². The lowest BCUT2D eigenvalue weighted by Crippen LogP contribution is -1.94. The van der Waals surface area contributed by atoms with E-state index >= 15 is 0 Å². The van der Waals surface area contributed by atoms with Gasteiger partial charge >= 0.3 is 0 Å². The van der Waals surface area contributed by atoms with Crippen LogP contribution in [0.1, 0.15) is 24.8 Å². The van der Waals surface area contributed by atoms with Crippen molar-refractivity contribution in [3.05, 3.63) is 34.1 Å². The Kier molecular flexibility index (Phi) is 3.91. The van der Waals surface area contributed by atoms with Gasteiger partial charge in [-0.25, -0.2) is 0 Å². The van der Waals surface area contributed by atoms with Crippen LogP contribution >= 0.6 is 15.9 Å². The van der Waals surface area contributed by atoms with Gasteiger partial charge in [0.2, 0.25) is 11.7 Å². The largest absolute Gasteiger partial charge is 0.339 e. The number of aromatic nitrogens is 2. The maximum Gasteiger partial charge on any atom is 0.227 e. The Morgan fingerprint density at radius 2 is 2.22 bits per heavy atom. The molecule has 0 fully saturated rings. The summed E-state index contributed by atoms with van der Waals surface area (Å²) in [5.41, 5.74) is 2.05. The molecule has 2 aromatic rings. The number of rotatable bonds is 4. The molecule has 0 saturated heterocycles. The Labute approximate surface area is 114 Å². The van der Waals surface area contributed by atoms with Crippen molar-refractivity contribution in [2.24, 2.45) is 0 Å². The third-order valence-corrected chi connectivity index (χ3v) is 3.18. The molecule has 2 rings (SSSR count). The van der Waals surface area contributed by atoms with Crippen molar-refractivity contribution in [3.63, 3.8) is 0 Å². The van der Waals surface area contributed by atoms with Crippen molar-refractivity contribution < 1.29 is 9.32 Å². The van der Waals surface area contributed by atoms with Gasteiger partial charge in [-0.3, -0.25) is 0 Å². The standard InChI is InChI=1S/C13H13BrN2O2/c1-8-3-5-10(11(14)7-8)13-15-12(18-16-13)6-4-9(2)17/h3,5,7H,4,6H2,1-2H3. The minimum atomic E-state index is 0.117. The summed E-state index contributed by atoms with van der Waals surface area (Å²) >= 11 is 3.48. The number of nitrogens with zero attached hydrogens (tertiary/aromatic N) is 2. The van der Waals surface area contributed by atoms with E-state index in [1.807, 2.05) is 25.1 Å². The lowest BCUT2D eigenvalue weighted by Gasteiger charge is -1.99. The van der Waals surface area contributed by atoms with Crippen LogP contribution in [-0.2, 0) is 11.2 Å². The van der Waals surface area contributed by atoms with Crippen LogP contribution in [0.4, 0.5) is 0 Å². The van der Waals surface area contributed by atoms with Crippen LogP contribution in [0.3, 0.4) is 0 Å². The summed E-state index contributed by atoms with van der Waals surface area (Å²) in [7, 11) is 0. The number of hydrogen-bond donors (Lipinski definition) is 0. The normalized spacial score (nSPS) is 10.6. The molecule has 1 heterocycles. The summed E-state index contributed by atoms with van der Waals surface area (Å²) in [6.45, 7) is 3.57. The second-order valence-corrected chi connectivity index (χ2v) is 5.05. The van der Waals surface area contributed by atoms with Crippen LogP contribution in [-0.4, -0.2) is 15.9 Å². The van der Waals surface area contributed by atoms with Crippen molar-refractivity contribution in [2.45, 2.75) is 26.7 Å². The van der Waals surface area contributed by atoms with Gasteiger partial charge in [-0.2, -0.15) is 4.98 Å².